The van der Waals surface area contributed by atoms with Crippen molar-refractivity contribution in [1.29, 1.82) is 0 Å². The molecule has 9 nitrogen and oxygen atoms in total. The van der Waals surface area contributed by atoms with Gasteiger partial charge in [0.15, 0.2) is 0 Å². The summed E-state index contributed by atoms with van der Waals surface area (Å²) in [6.45, 7) is 8.93. The van der Waals surface area contributed by atoms with Crippen molar-refractivity contribution in [3.63, 3.8) is 0 Å². The molecule has 0 fully saturated rings. The van der Waals surface area contributed by atoms with Crippen molar-refractivity contribution >= 4 is 33.9 Å². The lowest BCUT2D eigenvalue weighted by Gasteiger charge is -2.18. The van der Waals surface area contributed by atoms with Crippen molar-refractivity contribution in [2.24, 2.45) is 0 Å². The van der Waals surface area contributed by atoms with Gasteiger partial charge < -0.3 is 15.0 Å². The van der Waals surface area contributed by atoms with Crippen LogP contribution in [0, 0.1) is 10.1 Å². The van der Waals surface area contributed by atoms with Crippen molar-refractivity contribution in [2.45, 2.75) is 27.3 Å². The summed E-state index contributed by atoms with van der Waals surface area (Å²) in [4.78, 5) is 24.9. The molecule has 0 spiro atoms. The number of rotatable bonds is 7. The van der Waals surface area contributed by atoms with Crippen LogP contribution in [0.3, 0.4) is 0 Å². The molecule has 1 N–H and O–H groups in total. The lowest BCUT2D eigenvalue weighted by Crippen LogP contribution is -2.27. The van der Waals surface area contributed by atoms with E-state index in [0.29, 0.717) is 34.7 Å². The number of carbonyl (C=O) groups is 1. The van der Waals surface area contributed by atoms with E-state index in [-0.39, 0.29) is 5.69 Å². The zero-order valence-corrected chi connectivity index (χ0v) is 17.1. The second-order valence-corrected chi connectivity index (χ2v) is 7.14. The highest BCUT2D eigenvalue weighted by molar-refractivity contribution is 6.12. The highest BCUT2D eigenvalue weighted by Crippen LogP contribution is 2.47. The van der Waals surface area contributed by atoms with E-state index in [2.05, 4.69) is 24.1 Å². The van der Waals surface area contributed by atoms with Gasteiger partial charge in [0, 0.05) is 30.8 Å². The molecule has 9 heteroatoms. The summed E-state index contributed by atoms with van der Waals surface area (Å²) in [7, 11) is 0. The molecule has 1 aliphatic rings. The number of nitrogens with zero attached hydrogens (tertiary/aromatic N) is 4. The fourth-order valence-corrected chi connectivity index (χ4v) is 3.87. The van der Waals surface area contributed by atoms with E-state index < -0.39 is 10.9 Å². The zero-order chi connectivity index (χ0) is 21.4. The summed E-state index contributed by atoms with van der Waals surface area (Å²) in [5.41, 5.74) is 3.34. The number of benzene rings is 2. The van der Waals surface area contributed by atoms with Crippen LogP contribution in [-0.2, 0) is 11.3 Å². The molecule has 0 bridgehead atoms. The Hall–Kier alpha value is -3.46. The lowest BCUT2D eigenvalue weighted by atomic mass is 9.99. The first kappa shape index (κ1) is 19.8. The fraction of sp³-hybridized carbons (Fsp3) is 0.333. The van der Waals surface area contributed by atoms with E-state index in [4.69, 9.17) is 9.84 Å². The Kier molecular flexibility index (Phi) is 5.13. The molecule has 0 unspecified atom stereocenters. The van der Waals surface area contributed by atoms with Crippen LogP contribution in [0.1, 0.15) is 20.8 Å². The molecule has 0 aliphatic carbocycles. The quantitative estimate of drug-likeness (QED) is 0.213. The van der Waals surface area contributed by atoms with Crippen LogP contribution in [0.25, 0.3) is 22.2 Å². The minimum Gasteiger partial charge on any atom is -0.427 e. The van der Waals surface area contributed by atoms with E-state index in [1.165, 1.54) is 13.0 Å². The molecule has 0 saturated heterocycles. The first-order valence-electron chi connectivity index (χ1n) is 9.93. The number of fused-ring (bicyclic) bond motifs is 2. The maximum atomic E-state index is 11.6. The maximum absolute atomic E-state index is 11.6. The van der Waals surface area contributed by atoms with Gasteiger partial charge in [0.05, 0.1) is 22.4 Å². The zero-order valence-electron chi connectivity index (χ0n) is 17.1. The fourth-order valence-electron chi connectivity index (χ4n) is 3.87. The van der Waals surface area contributed by atoms with Gasteiger partial charge in [-0.15, -0.1) is 0 Å². The van der Waals surface area contributed by atoms with Gasteiger partial charge in [-0.2, -0.15) is 5.10 Å². The number of nitrogens with one attached hydrogen (secondary N) is 1. The van der Waals surface area contributed by atoms with Gasteiger partial charge in [0.25, 0.3) is 5.69 Å². The average Bonchev–Trinajstić information content (AvgIpc) is 3.09. The van der Waals surface area contributed by atoms with E-state index in [1.54, 1.807) is 24.3 Å². The predicted molar refractivity (Wildman–Crippen MR) is 114 cm³/mol. The first-order valence-corrected chi connectivity index (χ1v) is 9.93. The highest BCUT2D eigenvalue weighted by atomic mass is 16.6. The third kappa shape index (κ3) is 3.37. The molecule has 0 amide bonds. The van der Waals surface area contributed by atoms with E-state index in [9.17, 15) is 14.9 Å². The van der Waals surface area contributed by atoms with Crippen LogP contribution >= 0.6 is 0 Å². The van der Waals surface area contributed by atoms with Crippen LogP contribution in [0.15, 0.2) is 30.3 Å². The van der Waals surface area contributed by atoms with Gasteiger partial charge in [-0.1, -0.05) is 13.8 Å². The molecule has 4 rings (SSSR count). The minimum absolute atomic E-state index is 0.00163. The van der Waals surface area contributed by atoms with E-state index in [1.807, 2.05) is 4.68 Å². The molecule has 156 valence electrons. The van der Waals surface area contributed by atoms with Crippen molar-refractivity contribution in [3.8, 4) is 17.0 Å². The number of nitro benzene ring substituents is 1. The number of esters is 1. The van der Waals surface area contributed by atoms with E-state index in [0.717, 1.165) is 30.7 Å². The van der Waals surface area contributed by atoms with Gasteiger partial charge in [-0.3, -0.25) is 19.6 Å². The molecular formula is C21H23N5O4. The molecule has 2 heterocycles. The Balaban J connectivity index is 1.87. The summed E-state index contributed by atoms with van der Waals surface area (Å²) < 4.78 is 7.12. The third-order valence-electron chi connectivity index (χ3n) is 5.38. The monoisotopic (exact) mass is 409 g/mol. The second-order valence-electron chi connectivity index (χ2n) is 7.14. The Morgan fingerprint density at radius 3 is 2.70 bits per heavy atom. The normalized spacial score (nSPS) is 12.0. The van der Waals surface area contributed by atoms with Crippen LogP contribution in [0.4, 0.5) is 17.1 Å². The lowest BCUT2D eigenvalue weighted by molar-refractivity contribution is -0.383. The number of ether oxygens (including phenoxy) is 1. The molecule has 2 aromatic carbocycles. The predicted octanol–water partition coefficient (Wildman–Crippen LogP) is 3.94. The van der Waals surface area contributed by atoms with Crippen LogP contribution in [0.5, 0.6) is 5.75 Å². The number of carbonyl (C=O) groups excluding carboxylic acids is 1. The third-order valence-corrected chi connectivity index (χ3v) is 5.38. The van der Waals surface area contributed by atoms with Crippen LogP contribution in [-0.4, -0.2) is 45.2 Å². The Bertz CT molecular complexity index is 1150. The molecule has 1 aliphatic heterocycles. The van der Waals surface area contributed by atoms with E-state index >= 15 is 0 Å². The molecule has 1 aromatic heterocycles. The first-order chi connectivity index (χ1) is 14.4. The Labute approximate surface area is 173 Å². The molecular weight excluding hydrogens is 386 g/mol. The summed E-state index contributed by atoms with van der Waals surface area (Å²) in [6.07, 6.45) is 0. The Morgan fingerprint density at radius 2 is 2.03 bits per heavy atom. The number of hydrogen-bond acceptors (Lipinski definition) is 7. The number of hydrogen-bond donors (Lipinski definition) is 1. The highest BCUT2D eigenvalue weighted by Gasteiger charge is 2.29. The van der Waals surface area contributed by atoms with Gasteiger partial charge in [-0.05, 0) is 37.4 Å². The van der Waals surface area contributed by atoms with Gasteiger partial charge in [0.2, 0.25) is 0 Å². The summed E-state index contributed by atoms with van der Waals surface area (Å²) in [5.74, 6) is -0.00701. The smallest absolute Gasteiger partial charge is 0.308 e. The van der Waals surface area contributed by atoms with Gasteiger partial charge in [0.1, 0.15) is 17.1 Å². The number of likely N-dealkylation sites (N-methyl/N-ethyl adjacent to an activating group) is 1. The second kappa shape index (κ2) is 7.75. The standard InChI is InChI=1S/C21H23N5O4/c1-4-24(5-2)10-11-25-17-8-9-18(26(28)29)21-19(17)20(23-25)15-12-14(30-13(3)27)6-7-16(15)22-21/h6-9,12,22H,4-5,10-11H2,1-3H3. The largest absolute Gasteiger partial charge is 0.427 e. The summed E-state index contributed by atoms with van der Waals surface area (Å²) >= 11 is 0. The van der Waals surface area contributed by atoms with Gasteiger partial charge >= 0.3 is 5.97 Å². The van der Waals surface area contributed by atoms with Crippen molar-refractivity contribution < 1.29 is 14.5 Å². The van der Waals surface area contributed by atoms with Crippen LogP contribution in [0.2, 0.25) is 0 Å². The topological polar surface area (TPSA) is 103 Å². The SMILES string of the molecule is CCN(CC)CCn1nc2c3c(c([N+](=O)[O-])ccc31)Nc1ccc(OC(C)=O)cc1-2. The average molecular weight is 409 g/mol. The minimum atomic E-state index is -0.412. The number of aromatic nitrogens is 2. The van der Waals surface area contributed by atoms with Crippen molar-refractivity contribution in [3.05, 3.63) is 40.4 Å². The molecule has 0 atom stereocenters. The Morgan fingerprint density at radius 1 is 1.27 bits per heavy atom. The number of nitro groups is 1. The summed E-state index contributed by atoms with van der Waals surface area (Å²) in [5, 5.41) is 20.3. The van der Waals surface area contributed by atoms with Crippen LogP contribution < -0.4 is 10.1 Å². The van der Waals surface area contributed by atoms with Gasteiger partial charge in [-0.25, -0.2) is 0 Å². The molecule has 0 saturated carbocycles. The molecule has 0 radical (unpaired) electrons. The number of anilines is 2. The molecule has 3 aromatic rings. The maximum Gasteiger partial charge on any atom is 0.308 e. The van der Waals surface area contributed by atoms with Crippen molar-refractivity contribution in [1.82, 2.24) is 14.7 Å². The molecule has 30 heavy (non-hydrogen) atoms. The van der Waals surface area contributed by atoms with Crippen molar-refractivity contribution in [2.75, 3.05) is 25.0 Å². The summed E-state index contributed by atoms with van der Waals surface area (Å²) in [6, 6.07) is 8.40.